The summed E-state index contributed by atoms with van der Waals surface area (Å²) in [6, 6.07) is 17.4. The number of para-hydroxylation sites is 1. The van der Waals surface area contributed by atoms with Crippen LogP contribution in [-0.2, 0) is 11.4 Å². The lowest BCUT2D eigenvalue weighted by Gasteiger charge is -2.15. The fraction of sp³-hybridized carbons (Fsp3) is 0.185. The molecule has 0 aromatic heterocycles. The van der Waals surface area contributed by atoms with Crippen LogP contribution in [-0.4, -0.2) is 12.5 Å². The maximum absolute atomic E-state index is 13.9. The van der Waals surface area contributed by atoms with Gasteiger partial charge in [0.15, 0.2) is 11.5 Å². The molecule has 3 rings (SSSR count). The Hall–Kier alpha value is -3.38. The standard InChI is InChI=1S/C27H24FIN2O3/c1-4-33-25-14-20(12-21(15-30)27(32)31-24-8-6-5-7-22(24)28)13-23(29)26(25)34-16-19-10-9-17(2)18(3)11-19/h5-14H,4,16H2,1-3H3,(H,31,32)/b21-12+. The van der Waals surface area contributed by atoms with Crippen LogP contribution >= 0.6 is 22.6 Å². The molecule has 7 heteroatoms. The van der Waals surface area contributed by atoms with Gasteiger partial charge in [0.05, 0.1) is 15.9 Å². The van der Waals surface area contributed by atoms with Crippen LogP contribution < -0.4 is 14.8 Å². The van der Waals surface area contributed by atoms with Crippen LogP contribution in [0.5, 0.6) is 11.5 Å². The number of benzene rings is 3. The molecule has 1 amide bonds. The molecule has 3 aromatic carbocycles. The van der Waals surface area contributed by atoms with Crippen molar-refractivity contribution < 1.29 is 18.7 Å². The highest BCUT2D eigenvalue weighted by Crippen LogP contribution is 2.35. The van der Waals surface area contributed by atoms with Crippen LogP contribution in [0, 0.1) is 34.6 Å². The lowest BCUT2D eigenvalue weighted by atomic mass is 10.1. The molecule has 0 fully saturated rings. The van der Waals surface area contributed by atoms with Crippen molar-refractivity contribution >= 4 is 40.3 Å². The number of aryl methyl sites for hydroxylation is 2. The summed E-state index contributed by atoms with van der Waals surface area (Å²) in [5.74, 6) is -0.175. The smallest absolute Gasteiger partial charge is 0.266 e. The van der Waals surface area contributed by atoms with Crippen LogP contribution in [0.15, 0.2) is 60.2 Å². The van der Waals surface area contributed by atoms with Crippen LogP contribution in [0.3, 0.4) is 0 Å². The van der Waals surface area contributed by atoms with Gasteiger partial charge in [-0.05, 0) is 96.0 Å². The van der Waals surface area contributed by atoms with Crippen molar-refractivity contribution in [2.75, 3.05) is 11.9 Å². The van der Waals surface area contributed by atoms with Crippen molar-refractivity contribution in [2.24, 2.45) is 0 Å². The van der Waals surface area contributed by atoms with E-state index in [4.69, 9.17) is 9.47 Å². The highest BCUT2D eigenvalue weighted by molar-refractivity contribution is 14.1. The average molecular weight is 570 g/mol. The number of nitrogens with one attached hydrogen (secondary N) is 1. The zero-order valence-corrected chi connectivity index (χ0v) is 21.3. The minimum atomic E-state index is -0.698. The topological polar surface area (TPSA) is 71.3 Å². The summed E-state index contributed by atoms with van der Waals surface area (Å²) in [6.07, 6.45) is 1.44. The summed E-state index contributed by atoms with van der Waals surface area (Å²) in [5, 5.41) is 12.0. The lowest BCUT2D eigenvalue weighted by molar-refractivity contribution is -0.112. The summed E-state index contributed by atoms with van der Waals surface area (Å²) in [4.78, 5) is 12.5. The van der Waals surface area contributed by atoms with E-state index < -0.39 is 11.7 Å². The first-order valence-corrected chi connectivity index (χ1v) is 11.7. The molecular weight excluding hydrogens is 546 g/mol. The number of nitriles is 1. The van der Waals surface area contributed by atoms with Gasteiger partial charge in [-0.15, -0.1) is 0 Å². The second-order valence-electron chi connectivity index (χ2n) is 7.57. The molecule has 0 atom stereocenters. The zero-order valence-electron chi connectivity index (χ0n) is 19.1. The summed E-state index contributed by atoms with van der Waals surface area (Å²) in [7, 11) is 0. The maximum Gasteiger partial charge on any atom is 0.266 e. The Morgan fingerprint density at radius 1 is 1.12 bits per heavy atom. The van der Waals surface area contributed by atoms with Crippen molar-refractivity contribution in [1.82, 2.24) is 0 Å². The molecule has 1 N–H and O–H groups in total. The number of amides is 1. The SMILES string of the molecule is CCOc1cc(/C=C(\C#N)C(=O)Nc2ccccc2F)cc(I)c1OCc1ccc(C)c(C)c1. The molecule has 0 radical (unpaired) electrons. The first-order valence-electron chi connectivity index (χ1n) is 10.6. The molecule has 0 heterocycles. The Labute approximate surface area is 212 Å². The second kappa shape index (κ2) is 11.7. The van der Waals surface area contributed by atoms with E-state index >= 15 is 0 Å². The summed E-state index contributed by atoms with van der Waals surface area (Å²) < 4.78 is 26.5. The average Bonchev–Trinajstić information content (AvgIpc) is 2.80. The quantitative estimate of drug-likeness (QED) is 0.189. The number of halogens is 2. The number of hydrogen-bond acceptors (Lipinski definition) is 4. The van der Waals surface area contributed by atoms with E-state index in [-0.39, 0.29) is 11.3 Å². The van der Waals surface area contributed by atoms with Gasteiger partial charge in [-0.3, -0.25) is 4.79 Å². The van der Waals surface area contributed by atoms with Gasteiger partial charge in [-0.1, -0.05) is 30.3 Å². The summed E-state index contributed by atoms with van der Waals surface area (Å²) >= 11 is 2.14. The number of carbonyl (C=O) groups is 1. The third kappa shape index (κ3) is 6.35. The molecule has 0 spiro atoms. The lowest BCUT2D eigenvalue weighted by Crippen LogP contribution is -2.14. The fourth-order valence-electron chi connectivity index (χ4n) is 3.19. The molecule has 0 saturated heterocycles. The van der Waals surface area contributed by atoms with E-state index in [1.54, 1.807) is 18.2 Å². The van der Waals surface area contributed by atoms with Gasteiger partial charge in [0.25, 0.3) is 5.91 Å². The Morgan fingerprint density at radius 2 is 1.88 bits per heavy atom. The van der Waals surface area contributed by atoms with Crippen molar-refractivity contribution in [2.45, 2.75) is 27.4 Å². The molecule has 0 saturated carbocycles. The number of hydrogen-bond donors (Lipinski definition) is 1. The number of nitrogens with zero attached hydrogens (tertiary/aromatic N) is 1. The monoisotopic (exact) mass is 570 g/mol. The number of ether oxygens (including phenoxy) is 2. The van der Waals surface area contributed by atoms with Gasteiger partial charge in [0.2, 0.25) is 0 Å². The van der Waals surface area contributed by atoms with Crippen molar-refractivity contribution in [3.05, 3.63) is 91.8 Å². The number of anilines is 1. The van der Waals surface area contributed by atoms with Crippen molar-refractivity contribution in [3.63, 3.8) is 0 Å². The Bertz CT molecular complexity index is 1280. The van der Waals surface area contributed by atoms with Gasteiger partial charge >= 0.3 is 0 Å². The van der Waals surface area contributed by atoms with Crippen LogP contribution in [0.4, 0.5) is 10.1 Å². The van der Waals surface area contributed by atoms with E-state index in [1.807, 2.05) is 19.1 Å². The Balaban J connectivity index is 1.86. The number of carbonyl (C=O) groups excluding carboxylic acids is 1. The van der Waals surface area contributed by atoms with Crippen molar-refractivity contribution in [1.29, 1.82) is 5.26 Å². The Kier molecular flexibility index (Phi) is 8.66. The summed E-state index contributed by atoms with van der Waals surface area (Å²) in [6.45, 7) is 6.78. The molecule has 0 aliphatic rings. The van der Waals surface area contributed by atoms with E-state index in [1.165, 1.54) is 35.4 Å². The largest absolute Gasteiger partial charge is 0.490 e. The second-order valence-corrected chi connectivity index (χ2v) is 8.74. The van der Waals surface area contributed by atoms with E-state index in [9.17, 15) is 14.4 Å². The first-order chi connectivity index (χ1) is 16.3. The molecule has 0 aliphatic carbocycles. The predicted molar refractivity (Wildman–Crippen MR) is 139 cm³/mol. The normalized spacial score (nSPS) is 11.0. The maximum atomic E-state index is 13.9. The van der Waals surface area contributed by atoms with Gasteiger partial charge in [-0.25, -0.2) is 4.39 Å². The van der Waals surface area contributed by atoms with E-state index in [0.717, 1.165) is 9.13 Å². The van der Waals surface area contributed by atoms with Gasteiger partial charge in [-0.2, -0.15) is 5.26 Å². The van der Waals surface area contributed by atoms with Crippen molar-refractivity contribution in [3.8, 4) is 17.6 Å². The number of rotatable bonds is 8. The molecular formula is C27H24FIN2O3. The third-order valence-corrected chi connectivity index (χ3v) is 5.89. The minimum absolute atomic E-state index is 0.00771. The molecule has 5 nitrogen and oxygen atoms in total. The highest BCUT2D eigenvalue weighted by atomic mass is 127. The molecule has 0 unspecified atom stereocenters. The van der Waals surface area contributed by atoms with E-state index in [2.05, 4.69) is 53.9 Å². The summed E-state index contributed by atoms with van der Waals surface area (Å²) in [5.41, 5.74) is 3.89. The fourth-order valence-corrected chi connectivity index (χ4v) is 3.97. The van der Waals surface area contributed by atoms with Gasteiger partial charge in [0.1, 0.15) is 24.1 Å². The predicted octanol–water partition coefficient (Wildman–Crippen LogP) is 6.57. The third-order valence-electron chi connectivity index (χ3n) is 5.08. The molecule has 34 heavy (non-hydrogen) atoms. The van der Waals surface area contributed by atoms with Crippen LogP contribution in [0.25, 0.3) is 6.08 Å². The molecule has 3 aromatic rings. The van der Waals surface area contributed by atoms with Crippen LogP contribution in [0.2, 0.25) is 0 Å². The zero-order chi connectivity index (χ0) is 24.7. The highest BCUT2D eigenvalue weighted by Gasteiger charge is 2.15. The molecule has 174 valence electrons. The minimum Gasteiger partial charge on any atom is -0.490 e. The first kappa shape index (κ1) is 25.2. The van der Waals surface area contributed by atoms with E-state index in [0.29, 0.717) is 30.3 Å². The molecule has 0 bridgehead atoms. The van der Waals surface area contributed by atoms with Crippen LogP contribution in [0.1, 0.15) is 29.2 Å². The van der Waals surface area contributed by atoms with Gasteiger partial charge < -0.3 is 14.8 Å². The van der Waals surface area contributed by atoms with Gasteiger partial charge in [0, 0.05) is 0 Å². The molecule has 0 aliphatic heterocycles. The Morgan fingerprint density at radius 3 is 2.56 bits per heavy atom.